The van der Waals surface area contributed by atoms with Gasteiger partial charge in [-0.1, -0.05) is 24.3 Å². The summed E-state index contributed by atoms with van der Waals surface area (Å²) in [6.45, 7) is 1.87. The highest BCUT2D eigenvalue weighted by atomic mass is 19.1. The van der Waals surface area contributed by atoms with Gasteiger partial charge in [-0.3, -0.25) is 9.59 Å². The number of imidazole rings is 1. The Kier molecular flexibility index (Phi) is 5.17. The first kappa shape index (κ1) is 20.9. The lowest BCUT2D eigenvalue weighted by molar-refractivity contribution is 0.103. The van der Waals surface area contributed by atoms with Crippen molar-refractivity contribution in [2.75, 3.05) is 7.11 Å². The van der Waals surface area contributed by atoms with Crippen LogP contribution in [-0.4, -0.2) is 27.0 Å². The molecule has 0 spiro atoms. The maximum Gasteiger partial charge on any atom is 0.262 e. The van der Waals surface area contributed by atoms with Crippen molar-refractivity contribution in [3.05, 3.63) is 111 Å². The number of halogens is 1. The number of rotatable bonds is 5. The maximum absolute atomic E-state index is 14.6. The molecule has 2 aromatic heterocycles. The molecule has 33 heavy (non-hydrogen) atoms. The fourth-order valence-corrected chi connectivity index (χ4v) is 4.53. The van der Waals surface area contributed by atoms with Crippen LogP contribution in [0.1, 0.15) is 45.2 Å². The van der Waals surface area contributed by atoms with E-state index in [1.807, 2.05) is 37.4 Å². The average Bonchev–Trinajstić information content (AvgIpc) is 3.45. The average molecular weight is 443 g/mol. The molecular formula is C26H22FN3O3. The summed E-state index contributed by atoms with van der Waals surface area (Å²) in [5.41, 5.74) is 3.21. The van der Waals surface area contributed by atoms with Gasteiger partial charge in [0.2, 0.25) is 0 Å². The minimum atomic E-state index is -0.625. The molecule has 4 aromatic rings. The largest absolute Gasteiger partial charge is 0.495 e. The minimum Gasteiger partial charge on any atom is -0.495 e. The van der Waals surface area contributed by atoms with Crippen molar-refractivity contribution in [1.29, 1.82) is 0 Å². The summed E-state index contributed by atoms with van der Waals surface area (Å²) in [4.78, 5) is 30.8. The molecule has 5 rings (SSSR count). The second kappa shape index (κ2) is 8.16. The number of aromatic nitrogens is 3. The van der Waals surface area contributed by atoms with Crippen molar-refractivity contribution >= 4 is 5.78 Å². The van der Waals surface area contributed by atoms with E-state index in [0.717, 1.165) is 29.3 Å². The number of methoxy groups -OCH3 is 1. The van der Waals surface area contributed by atoms with E-state index in [1.165, 1.54) is 17.9 Å². The molecule has 0 amide bonds. The first-order valence-corrected chi connectivity index (χ1v) is 10.7. The van der Waals surface area contributed by atoms with Crippen molar-refractivity contribution < 1.29 is 13.9 Å². The normalized spacial score (nSPS) is 14.8. The number of ether oxygens (including phenoxy) is 1. The minimum absolute atomic E-state index is 0.201. The van der Waals surface area contributed by atoms with E-state index in [-0.39, 0.29) is 17.2 Å². The Bertz CT molecular complexity index is 1440. The van der Waals surface area contributed by atoms with Gasteiger partial charge in [0.05, 0.1) is 36.4 Å². The lowest BCUT2D eigenvalue weighted by Crippen LogP contribution is -2.30. The standard InChI is InChI=1S/C26H22FN3O3/c1-16-13-29(15-28-16)23-10-8-18(11-24(23)33-2)25(31)21-12-19(27)14-30(26(21)32)22-9-7-17-5-3-4-6-20(17)22/h3-6,8,10-15,22H,7,9H2,1-2H3. The molecule has 0 radical (unpaired) electrons. The number of carbonyl (C=O) groups is 1. The van der Waals surface area contributed by atoms with Crippen LogP contribution < -0.4 is 10.3 Å². The molecule has 1 aliphatic carbocycles. The van der Waals surface area contributed by atoms with E-state index in [1.54, 1.807) is 29.1 Å². The summed E-state index contributed by atoms with van der Waals surface area (Å²) < 4.78 is 23.2. The summed E-state index contributed by atoms with van der Waals surface area (Å²) in [5.74, 6) is -0.731. The molecule has 2 heterocycles. The molecule has 0 saturated heterocycles. The number of hydrogen-bond acceptors (Lipinski definition) is 4. The van der Waals surface area contributed by atoms with Gasteiger partial charge in [0.15, 0.2) is 5.78 Å². The fraction of sp³-hybridized carbons (Fsp3) is 0.192. The maximum atomic E-state index is 14.6. The van der Waals surface area contributed by atoms with Gasteiger partial charge in [-0.05, 0) is 55.2 Å². The van der Waals surface area contributed by atoms with Crippen molar-refractivity contribution in [3.8, 4) is 11.4 Å². The first-order valence-electron chi connectivity index (χ1n) is 10.7. The van der Waals surface area contributed by atoms with Gasteiger partial charge < -0.3 is 13.9 Å². The Labute approximate surface area is 189 Å². The number of carbonyl (C=O) groups excluding carboxylic acids is 1. The zero-order valence-electron chi connectivity index (χ0n) is 18.3. The lowest BCUT2D eigenvalue weighted by atomic mass is 10.0. The van der Waals surface area contributed by atoms with Crippen LogP contribution in [0.5, 0.6) is 5.75 Å². The SMILES string of the molecule is COc1cc(C(=O)c2cc(F)cn(C3CCc4ccccc43)c2=O)ccc1-n1cnc(C)c1. The van der Waals surface area contributed by atoms with Crippen LogP contribution in [-0.2, 0) is 6.42 Å². The van der Waals surface area contributed by atoms with Crippen molar-refractivity contribution in [2.24, 2.45) is 0 Å². The number of nitrogens with zero attached hydrogens (tertiary/aromatic N) is 3. The van der Waals surface area contributed by atoms with Gasteiger partial charge in [0, 0.05) is 18.0 Å². The lowest BCUT2D eigenvalue weighted by Gasteiger charge is -2.17. The summed E-state index contributed by atoms with van der Waals surface area (Å²) in [7, 11) is 1.50. The Hall–Kier alpha value is -4.00. The van der Waals surface area contributed by atoms with Crippen molar-refractivity contribution in [3.63, 3.8) is 0 Å². The van der Waals surface area contributed by atoms with Gasteiger partial charge in [0.1, 0.15) is 11.6 Å². The second-order valence-electron chi connectivity index (χ2n) is 8.18. The molecule has 0 fully saturated rings. The Balaban J connectivity index is 1.55. The number of pyridine rings is 1. The molecular weight excluding hydrogens is 421 g/mol. The summed E-state index contributed by atoms with van der Waals surface area (Å²) in [6, 6.07) is 13.4. The third-order valence-corrected chi connectivity index (χ3v) is 6.12. The van der Waals surface area contributed by atoms with Crippen molar-refractivity contribution in [2.45, 2.75) is 25.8 Å². The van der Waals surface area contributed by atoms with E-state index in [9.17, 15) is 14.0 Å². The highest BCUT2D eigenvalue weighted by Crippen LogP contribution is 2.33. The fourth-order valence-electron chi connectivity index (χ4n) is 4.53. The number of aryl methyl sites for hydroxylation is 2. The summed E-state index contributed by atoms with van der Waals surface area (Å²) in [6.07, 6.45) is 6.17. The number of fused-ring (bicyclic) bond motifs is 1. The van der Waals surface area contributed by atoms with Gasteiger partial charge in [-0.2, -0.15) is 0 Å². The third-order valence-electron chi connectivity index (χ3n) is 6.12. The van der Waals surface area contributed by atoms with Crippen LogP contribution in [0.25, 0.3) is 5.69 Å². The van der Waals surface area contributed by atoms with Crippen LogP contribution >= 0.6 is 0 Å². The molecule has 1 unspecified atom stereocenters. The Morgan fingerprint density at radius 3 is 2.73 bits per heavy atom. The highest BCUT2D eigenvalue weighted by Gasteiger charge is 2.27. The summed E-state index contributed by atoms with van der Waals surface area (Å²) >= 11 is 0. The van der Waals surface area contributed by atoms with Crippen LogP contribution in [0.4, 0.5) is 4.39 Å². The molecule has 0 bridgehead atoms. The van der Waals surface area contributed by atoms with E-state index in [2.05, 4.69) is 4.98 Å². The number of hydrogen-bond donors (Lipinski definition) is 0. The quantitative estimate of drug-likeness (QED) is 0.433. The van der Waals surface area contributed by atoms with Crippen molar-refractivity contribution in [1.82, 2.24) is 14.1 Å². The second-order valence-corrected chi connectivity index (χ2v) is 8.18. The molecule has 0 N–H and O–H groups in total. The van der Waals surface area contributed by atoms with Gasteiger partial charge in [0.25, 0.3) is 5.56 Å². The van der Waals surface area contributed by atoms with Crippen LogP contribution in [0.15, 0.2) is 72.0 Å². The topological polar surface area (TPSA) is 66.1 Å². The van der Waals surface area contributed by atoms with Crippen LogP contribution in [0.2, 0.25) is 0 Å². The van der Waals surface area contributed by atoms with Crippen LogP contribution in [0, 0.1) is 12.7 Å². The molecule has 7 heteroatoms. The van der Waals surface area contributed by atoms with Gasteiger partial charge in [-0.25, -0.2) is 9.37 Å². The first-order chi connectivity index (χ1) is 16.0. The molecule has 6 nitrogen and oxygen atoms in total. The number of ketones is 1. The zero-order chi connectivity index (χ0) is 23.1. The van der Waals surface area contributed by atoms with E-state index < -0.39 is 17.2 Å². The Morgan fingerprint density at radius 1 is 1.15 bits per heavy atom. The molecule has 166 valence electrons. The van der Waals surface area contributed by atoms with Gasteiger partial charge >= 0.3 is 0 Å². The molecule has 1 aliphatic rings. The van der Waals surface area contributed by atoms with Crippen LogP contribution in [0.3, 0.4) is 0 Å². The smallest absolute Gasteiger partial charge is 0.262 e. The monoisotopic (exact) mass is 443 g/mol. The Morgan fingerprint density at radius 2 is 1.97 bits per heavy atom. The molecule has 0 aliphatic heterocycles. The molecule has 1 atom stereocenters. The number of benzene rings is 2. The predicted octanol–water partition coefficient (Wildman–Crippen LogP) is 4.26. The van der Waals surface area contributed by atoms with E-state index in [4.69, 9.17) is 4.74 Å². The zero-order valence-corrected chi connectivity index (χ0v) is 18.3. The molecule has 0 saturated carbocycles. The third kappa shape index (κ3) is 3.65. The van der Waals surface area contributed by atoms with E-state index in [0.29, 0.717) is 17.9 Å². The van der Waals surface area contributed by atoms with E-state index >= 15 is 0 Å². The van der Waals surface area contributed by atoms with Gasteiger partial charge in [-0.15, -0.1) is 0 Å². The highest BCUT2D eigenvalue weighted by molar-refractivity contribution is 6.09. The molecule has 2 aromatic carbocycles. The summed E-state index contributed by atoms with van der Waals surface area (Å²) in [5, 5.41) is 0. The predicted molar refractivity (Wildman–Crippen MR) is 122 cm³/mol.